The Morgan fingerprint density at radius 1 is 1.40 bits per heavy atom. The van der Waals surface area contributed by atoms with E-state index in [9.17, 15) is 9.90 Å². The van der Waals surface area contributed by atoms with E-state index in [4.69, 9.17) is 0 Å². The number of thioether (sulfide) groups is 1. The van der Waals surface area contributed by atoms with Crippen molar-refractivity contribution in [3.8, 4) is 0 Å². The molecular formula is C11H11NO2S. The van der Waals surface area contributed by atoms with Gasteiger partial charge in [-0.15, -0.1) is 0 Å². The Kier molecular flexibility index (Phi) is 2.79. The molecule has 1 aliphatic rings. The number of amides is 1. The summed E-state index contributed by atoms with van der Waals surface area (Å²) in [4.78, 5) is 13.5. The number of aliphatic hydroxyl groups excluding tert-OH is 1. The van der Waals surface area contributed by atoms with Crippen LogP contribution in [0, 0.1) is 0 Å². The molecule has 3 nitrogen and oxygen atoms in total. The average Bonchev–Trinajstić information content (AvgIpc) is 2.48. The van der Waals surface area contributed by atoms with Crippen molar-refractivity contribution in [3.63, 3.8) is 0 Å². The van der Waals surface area contributed by atoms with Crippen LogP contribution in [0.1, 0.15) is 5.56 Å². The smallest absolute Gasteiger partial charge is 0.262 e. The molecule has 0 aromatic heterocycles. The van der Waals surface area contributed by atoms with E-state index in [1.54, 1.807) is 13.1 Å². The summed E-state index contributed by atoms with van der Waals surface area (Å²) in [7, 11) is 1.59. The van der Waals surface area contributed by atoms with Gasteiger partial charge in [0.1, 0.15) is 0 Å². The van der Waals surface area contributed by atoms with Crippen LogP contribution < -0.4 is 0 Å². The van der Waals surface area contributed by atoms with Gasteiger partial charge in [0.15, 0.2) is 5.56 Å². The first-order valence-corrected chi connectivity index (χ1v) is 5.45. The van der Waals surface area contributed by atoms with E-state index >= 15 is 0 Å². The minimum atomic E-state index is -0.757. The summed E-state index contributed by atoms with van der Waals surface area (Å²) in [5.74, 6) is -0.128. The molecule has 15 heavy (non-hydrogen) atoms. The van der Waals surface area contributed by atoms with Gasteiger partial charge in [-0.3, -0.25) is 4.79 Å². The highest BCUT2D eigenvalue weighted by Crippen LogP contribution is 2.33. The monoisotopic (exact) mass is 221 g/mol. The van der Waals surface area contributed by atoms with Crippen LogP contribution >= 0.6 is 11.8 Å². The van der Waals surface area contributed by atoms with Gasteiger partial charge < -0.3 is 10.0 Å². The Morgan fingerprint density at radius 2 is 2.07 bits per heavy atom. The predicted molar refractivity (Wildman–Crippen MR) is 60.8 cm³/mol. The van der Waals surface area contributed by atoms with Gasteiger partial charge in [-0.25, -0.2) is 0 Å². The first-order valence-electron chi connectivity index (χ1n) is 4.57. The molecule has 1 unspecified atom stereocenters. The molecule has 1 heterocycles. The van der Waals surface area contributed by atoms with Crippen molar-refractivity contribution in [3.05, 3.63) is 40.8 Å². The highest BCUT2D eigenvalue weighted by atomic mass is 32.2. The molecule has 0 saturated carbocycles. The molecule has 0 spiro atoms. The number of nitrogens with zero attached hydrogens (tertiary/aromatic N) is 1. The second-order valence-corrected chi connectivity index (χ2v) is 4.38. The minimum Gasteiger partial charge on any atom is -0.364 e. The normalized spacial score (nSPS) is 23.9. The number of hydrogen-bond acceptors (Lipinski definition) is 3. The SMILES string of the molecule is CN1C(=O)/C(=C\c2ccccc2)SC1O. The van der Waals surface area contributed by atoms with Gasteiger partial charge in [0, 0.05) is 7.05 Å². The maximum absolute atomic E-state index is 11.6. The van der Waals surface area contributed by atoms with Gasteiger partial charge >= 0.3 is 0 Å². The third-order valence-corrected chi connectivity index (χ3v) is 3.27. The van der Waals surface area contributed by atoms with Crippen LogP contribution in [0.2, 0.25) is 0 Å². The first-order chi connectivity index (χ1) is 7.18. The summed E-state index contributed by atoms with van der Waals surface area (Å²) in [5.41, 5.74) is 0.211. The van der Waals surface area contributed by atoms with Crippen LogP contribution in [0.5, 0.6) is 0 Å². The molecule has 1 N–H and O–H groups in total. The van der Waals surface area contributed by atoms with Crippen LogP contribution in [0.25, 0.3) is 6.08 Å². The third kappa shape index (κ3) is 2.06. The van der Waals surface area contributed by atoms with E-state index in [2.05, 4.69) is 0 Å². The Bertz CT molecular complexity index is 402. The Hall–Kier alpha value is -1.26. The average molecular weight is 221 g/mol. The number of likely N-dealkylation sites (N-methyl/N-ethyl adjacent to an activating group) is 1. The van der Waals surface area contributed by atoms with E-state index in [-0.39, 0.29) is 5.91 Å². The summed E-state index contributed by atoms with van der Waals surface area (Å²) >= 11 is 1.17. The molecule has 1 fully saturated rings. The lowest BCUT2D eigenvalue weighted by molar-refractivity contribution is -0.128. The summed E-state index contributed by atoms with van der Waals surface area (Å²) < 4.78 is 0. The van der Waals surface area contributed by atoms with Gasteiger partial charge in [-0.2, -0.15) is 0 Å². The molecule has 0 radical (unpaired) electrons. The molecule has 4 heteroatoms. The van der Waals surface area contributed by atoms with Crippen molar-refractivity contribution in [1.29, 1.82) is 0 Å². The zero-order valence-electron chi connectivity index (χ0n) is 8.25. The van der Waals surface area contributed by atoms with E-state index in [0.717, 1.165) is 5.56 Å². The molecule has 1 aliphatic heterocycles. The maximum atomic E-state index is 11.6. The van der Waals surface area contributed by atoms with Crippen molar-refractivity contribution in [2.45, 2.75) is 5.56 Å². The van der Waals surface area contributed by atoms with Crippen LogP contribution in [0.15, 0.2) is 35.2 Å². The van der Waals surface area contributed by atoms with Gasteiger partial charge in [-0.05, 0) is 11.6 Å². The van der Waals surface area contributed by atoms with Crippen molar-refractivity contribution < 1.29 is 9.90 Å². The van der Waals surface area contributed by atoms with Crippen LogP contribution in [-0.2, 0) is 4.79 Å². The fourth-order valence-corrected chi connectivity index (χ4v) is 2.24. The van der Waals surface area contributed by atoms with Crippen LogP contribution in [0.4, 0.5) is 0 Å². The Balaban J connectivity index is 2.26. The first kappa shape index (κ1) is 10.3. The number of carbonyl (C=O) groups is 1. The van der Waals surface area contributed by atoms with Gasteiger partial charge in [0.05, 0.1) is 4.91 Å². The standard InChI is InChI=1S/C11H11NO2S/c1-12-10(13)9(15-11(12)14)7-8-5-3-2-4-6-8/h2-7,11,14H,1H3/b9-7+. The maximum Gasteiger partial charge on any atom is 0.262 e. The lowest BCUT2D eigenvalue weighted by Crippen LogP contribution is -2.27. The molecule has 1 atom stereocenters. The molecule has 2 rings (SSSR count). The summed E-state index contributed by atoms with van der Waals surface area (Å²) in [6.07, 6.45) is 1.79. The molecule has 1 saturated heterocycles. The minimum absolute atomic E-state index is 0.128. The van der Waals surface area contributed by atoms with Crippen LogP contribution in [0.3, 0.4) is 0 Å². The number of benzene rings is 1. The molecular weight excluding hydrogens is 210 g/mol. The van der Waals surface area contributed by atoms with Crippen molar-refractivity contribution in [2.75, 3.05) is 7.05 Å². The van der Waals surface area contributed by atoms with Crippen molar-refractivity contribution in [1.82, 2.24) is 4.90 Å². The number of aliphatic hydroxyl groups is 1. The summed E-state index contributed by atoms with van der Waals surface area (Å²) in [5, 5.41) is 9.44. The van der Waals surface area contributed by atoms with E-state index in [0.29, 0.717) is 4.91 Å². The molecule has 1 aromatic rings. The second-order valence-electron chi connectivity index (χ2n) is 3.28. The summed E-state index contributed by atoms with van der Waals surface area (Å²) in [6, 6.07) is 9.59. The van der Waals surface area contributed by atoms with Crippen LogP contribution in [-0.4, -0.2) is 28.5 Å². The van der Waals surface area contributed by atoms with Crippen molar-refractivity contribution in [2.24, 2.45) is 0 Å². The fraction of sp³-hybridized carbons (Fsp3) is 0.182. The molecule has 0 aliphatic carbocycles. The van der Waals surface area contributed by atoms with E-state index in [1.165, 1.54) is 16.7 Å². The highest BCUT2D eigenvalue weighted by molar-refractivity contribution is 8.05. The predicted octanol–water partition coefficient (Wildman–Crippen LogP) is 1.51. The summed E-state index contributed by atoms with van der Waals surface area (Å²) in [6.45, 7) is 0. The lowest BCUT2D eigenvalue weighted by Gasteiger charge is -2.10. The Labute approximate surface area is 92.4 Å². The third-order valence-electron chi connectivity index (χ3n) is 2.19. The molecule has 78 valence electrons. The quantitative estimate of drug-likeness (QED) is 0.731. The van der Waals surface area contributed by atoms with Gasteiger partial charge in [0.25, 0.3) is 5.91 Å². The number of carbonyl (C=O) groups excluding carboxylic acids is 1. The largest absolute Gasteiger partial charge is 0.364 e. The molecule has 1 amide bonds. The fourth-order valence-electron chi connectivity index (χ4n) is 1.31. The van der Waals surface area contributed by atoms with E-state index in [1.807, 2.05) is 30.3 Å². The van der Waals surface area contributed by atoms with E-state index < -0.39 is 5.56 Å². The molecule has 0 bridgehead atoms. The highest BCUT2D eigenvalue weighted by Gasteiger charge is 2.31. The molecule has 1 aromatic carbocycles. The number of rotatable bonds is 1. The number of hydrogen-bond donors (Lipinski definition) is 1. The lowest BCUT2D eigenvalue weighted by atomic mass is 10.2. The van der Waals surface area contributed by atoms with Gasteiger partial charge in [-0.1, -0.05) is 42.1 Å². The topological polar surface area (TPSA) is 40.5 Å². The zero-order chi connectivity index (χ0) is 10.8. The second kappa shape index (κ2) is 4.08. The zero-order valence-corrected chi connectivity index (χ0v) is 9.07. The van der Waals surface area contributed by atoms with Gasteiger partial charge in [0.2, 0.25) is 0 Å². The van der Waals surface area contributed by atoms with Crippen molar-refractivity contribution >= 4 is 23.7 Å². The Morgan fingerprint density at radius 3 is 2.60 bits per heavy atom.